The van der Waals surface area contributed by atoms with Gasteiger partial charge in [-0.05, 0) is 43.4 Å². The molecule has 0 radical (unpaired) electrons. The molecule has 1 aliphatic carbocycles. The van der Waals surface area contributed by atoms with Gasteiger partial charge in [-0.15, -0.1) is 11.3 Å². The third kappa shape index (κ3) is 5.42. The number of methoxy groups -OCH3 is 1. The minimum absolute atomic E-state index is 0.0724. The fraction of sp³-hybridized carbons (Fsp3) is 0.333. The Hall–Kier alpha value is -2.90. The van der Waals surface area contributed by atoms with Crippen molar-refractivity contribution in [3.05, 3.63) is 65.5 Å². The summed E-state index contributed by atoms with van der Waals surface area (Å²) in [5.74, 6) is 0.768. The standard InChI is InChI=1S/C24H27N3O3S/c1-30-21-9-5-6-17(14-21)15-27(19-10-12-20(28)13-11-19)24(29)26-23-25-22(16-31-23)18-7-3-2-4-8-18/h2-9,14,16,19-20,28H,10-13,15H2,1H3,(H,25,26,29). The van der Waals surface area contributed by atoms with Crippen molar-refractivity contribution in [3.63, 3.8) is 0 Å². The van der Waals surface area contributed by atoms with Crippen LogP contribution in [-0.2, 0) is 6.54 Å². The van der Waals surface area contributed by atoms with Gasteiger partial charge in [0.25, 0.3) is 0 Å². The quantitative estimate of drug-likeness (QED) is 0.559. The molecule has 1 fully saturated rings. The zero-order chi connectivity index (χ0) is 21.6. The summed E-state index contributed by atoms with van der Waals surface area (Å²) in [5, 5.41) is 15.4. The van der Waals surface area contributed by atoms with Crippen LogP contribution in [0.15, 0.2) is 60.0 Å². The van der Waals surface area contributed by atoms with Gasteiger partial charge in [-0.2, -0.15) is 0 Å². The van der Waals surface area contributed by atoms with Crippen molar-refractivity contribution in [2.75, 3.05) is 12.4 Å². The molecule has 0 bridgehead atoms. The third-order valence-electron chi connectivity index (χ3n) is 5.64. The summed E-state index contributed by atoms with van der Waals surface area (Å²) in [5.41, 5.74) is 2.87. The fourth-order valence-corrected chi connectivity index (χ4v) is 4.65. The summed E-state index contributed by atoms with van der Waals surface area (Å²) in [7, 11) is 1.64. The van der Waals surface area contributed by atoms with Crippen LogP contribution in [-0.4, -0.2) is 40.3 Å². The lowest BCUT2D eigenvalue weighted by Crippen LogP contribution is -2.44. The number of urea groups is 1. The van der Waals surface area contributed by atoms with Crippen LogP contribution in [0, 0.1) is 0 Å². The molecule has 0 aliphatic heterocycles. The maximum Gasteiger partial charge on any atom is 0.324 e. The number of amides is 2. The number of benzene rings is 2. The Balaban J connectivity index is 1.51. The first kappa shape index (κ1) is 21.3. The monoisotopic (exact) mass is 437 g/mol. The molecule has 162 valence electrons. The summed E-state index contributed by atoms with van der Waals surface area (Å²) in [6.45, 7) is 0.473. The van der Waals surface area contributed by atoms with Crippen LogP contribution in [0.4, 0.5) is 9.93 Å². The third-order valence-corrected chi connectivity index (χ3v) is 6.40. The number of aliphatic hydroxyl groups is 1. The van der Waals surface area contributed by atoms with Gasteiger partial charge >= 0.3 is 6.03 Å². The van der Waals surface area contributed by atoms with Crippen LogP contribution < -0.4 is 10.1 Å². The van der Waals surface area contributed by atoms with Gasteiger partial charge in [0.2, 0.25) is 0 Å². The highest BCUT2D eigenvalue weighted by Crippen LogP contribution is 2.28. The summed E-state index contributed by atoms with van der Waals surface area (Å²) in [4.78, 5) is 19.7. The van der Waals surface area contributed by atoms with Crippen LogP contribution in [0.2, 0.25) is 0 Å². The van der Waals surface area contributed by atoms with E-state index < -0.39 is 0 Å². The molecule has 1 saturated carbocycles. The average molecular weight is 438 g/mol. The number of carbonyl (C=O) groups is 1. The molecular formula is C24H27N3O3S. The minimum Gasteiger partial charge on any atom is -0.497 e. The van der Waals surface area contributed by atoms with E-state index >= 15 is 0 Å². The smallest absolute Gasteiger partial charge is 0.324 e. The van der Waals surface area contributed by atoms with E-state index in [0.29, 0.717) is 24.5 Å². The summed E-state index contributed by atoms with van der Waals surface area (Å²) in [6.07, 6.45) is 2.71. The predicted molar refractivity (Wildman–Crippen MR) is 123 cm³/mol. The second-order valence-electron chi connectivity index (χ2n) is 7.78. The van der Waals surface area contributed by atoms with Crippen LogP contribution in [0.5, 0.6) is 5.75 Å². The van der Waals surface area contributed by atoms with Gasteiger partial charge in [0.05, 0.1) is 18.9 Å². The van der Waals surface area contributed by atoms with Crippen LogP contribution >= 0.6 is 11.3 Å². The van der Waals surface area contributed by atoms with Crippen molar-refractivity contribution in [3.8, 4) is 17.0 Å². The Morgan fingerprint density at radius 2 is 1.94 bits per heavy atom. The number of nitrogens with one attached hydrogen (secondary N) is 1. The number of aliphatic hydroxyl groups excluding tert-OH is 1. The zero-order valence-electron chi connectivity index (χ0n) is 17.5. The first-order valence-electron chi connectivity index (χ1n) is 10.5. The molecule has 0 saturated heterocycles. The van der Waals surface area contributed by atoms with Gasteiger partial charge < -0.3 is 14.7 Å². The second-order valence-corrected chi connectivity index (χ2v) is 8.63. The van der Waals surface area contributed by atoms with Gasteiger partial charge in [0, 0.05) is 23.5 Å². The lowest BCUT2D eigenvalue weighted by Gasteiger charge is -2.35. The van der Waals surface area contributed by atoms with Crippen molar-refractivity contribution in [1.29, 1.82) is 0 Å². The van der Waals surface area contributed by atoms with Crippen LogP contribution in [0.25, 0.3) is 11.3 Å². The van der Waals surface area contributed by atoms with Crippen molar-refractivity contribution in [2.45, 2.75) is 44.4 Å². The number of rotatable bonds is 6. The van der Waals surface area contributed by atoms with Crippen LogP contribution in [0.3, 0.4) is 0 Å². The van der Waals surface area contributed by atoms with Gasteiger partial charge in [-0.25, -0.2) is 9.78 Å². The number of anilines is 1. The van der Waals surface area contributed by atoms with Crippen molar-refractivity contribution < 1.29 is 14.6 Å². The fourth-order valence-electron chi connectivity index (χ4n) is 3.94. The Bertz CT molecular complexity index is 1000. The van der Waals surface area contributed by atoms with Gasteiger partial charge in [0.1, 0.15) is 5.75 Å². The van der Waals surface area contributed by atoms with Gasteiger partial charge in [-0.1, -0.05) is 42.5 Å². The number of nitrogens with zero attached hydrogens (tertiary/aromatic N) is 2. The van der Waals surface area contributed by atoms with Crippen molar-refractivity contribution in [1.82, 2.24) is 9.88 Å². The topological polar surface area (TPSA) is 74.7 Å². The molecule has 0 atom stereocenters. The molecule has 31 heavy (non-hydrogen) atoms. The molecule has 1 aromatic heterocycles. The normalized spacial score (nSPS) is 18.4. The molecule has 2 N–H and O–H groups in total. The Morgan fingerprint density at radius 3 is 2.68 bits per heavy atom. The Kier molecular flexibility index (Phi) is 6.84. The molecule has 1 heterocycles. The summed E-state index contributed by atoms with van der Waals surface area (Å²) < 4.78 is 5.34. The average Bonchev–Trinajstić information content (AvgIpc) is 3.27. The predicted octanol–water partition coefficient (Wildman–Crippen LogP) is 5.16. The number of ether oxygens (including phenoxy) is 1. The second kappa shape index (κ2) is 9.94. The molecule has 7 heteroatoms. The number of carbonyl (C=O) groups excluding carboxylic acids is 1. The van der Waals surface area contributed by atoms with Crippen molar-refractivity contribution >= 4 is 22.5 Å². The number of hydrogen-bond donors (Lipinski definition) is 2. The van der Waals surface area contributed by atoms with E-state index in [4.69, 9.17) is 4.74 Å². The number of hydrogen-bond acceptors (Lipinski definition) is 5. The molecule has 0 unspecified atom stereocenters. The largest absolute Gasteiger partial charge is 0.497 e. The molecule has 3 aromatic rings. The zero-order valence-corrected chi connectivity index (χ0v) is 18.3. The van der Waals surface area contributed by atoms with E-state index in [1.165, 1.54) is 11.3 Å². The highest BCUT2D eigenvalue weighted by atomic mass is 32.1. The Labute approximate surface area is 186 Å². The maximum absolute atomic E-state index is 13.3. The van der Waals surface area contributed by atoms with E-state index in [2.05, 4.69) is 10.3 Å². The SMILES string of the molecule is COc1cccc(CN(C(=O)Nc2nc(-c3ccccc3)cs2)C2CCC(O)CC2)c1. The first-order valence-corrected chi connectivity index (χ1v) is 11.4. The molecular weight excluding hydrogens is 410 g/mol. The van der Waals surface area contributed by atoms with Gasteiger partial charge in [-0.3, -0.25) is 5.32 Å². The number of thiazole rings is 1. The summed E-state index contributed by atoms with van der Waals surface area (Å²) in [6, 6.07) is 17.6. The van der Waals surface area contributed by atoms with Crippen LogP contribution in [0.1, 0.15) is 31.2 Å². The molecule has 1 aliphatic rings. The molecule has 2 amide bonds. The van der Waals surface area contributed by atoms with Gasteiger partial charge in [0.15, 0.2) is 5.13 Å². The molecule has 6 nitrogen and oxygen atoms in total. The van der Waals surface area contributed by atoms with E-state index in [0.717, 1.165) is 35.4 Å². The summed E-state index contributed by atoms with van der Waals surface area (Å²) >= 11 is 1.42. The van der Waals surface area contributed by atoms with Crippen molar-refractivity contribution in [2.24, 2.45) is 0 Å². The minimum atomic E-state index is -0.273. The molecule has 4 rings (SSSR count). The van der Waals surface area contributed by atoms with E-state index in [9.17, 15) is 9.90 Å². The lowest BCUT2D eigenvalue weighted by atomic mass is 9.92. The van der Waals surface area contributed by atoms with E-state index in [-0.39, 0.29) is 18.2 Å². The lowest BCUT2D eigenvalue weighted by molar-refractivity contribution is 0.0849. The van der Waals surface area contributed by atoms with E-state index in [1.54, 1.807) is 7.11 Å². The van der Waals surface area contributed by atoms with E-state index in [1.807, 2.05) is 64.9 Å². The number of aromatic nitrogens is 1. The molecule has 2 aromatic carbocycles. The Morgan fingerprint density at radius 1 is 1.16 bits per heavy atom. The first-order chi connectivity index (χ1) is 15.1. The highest BCUT2D eigenvalue weighted by molar-refractivity contribution is 7.14. The molecule has 0 spiro atoms. The highest BCUT2D eigenvalue weighted by Gasteiger charge is 2.29. The maximum atomic E-state index is 13.3.